The predicted molar refractivity (Wildman–Crippen MR) is 117 cm³/mol. The second-order valence-electron chi connectivity index (χ2n) is 7.11. The van der Waals surface area contributed by atoms with Crippen molar-refractivity contribution >= 4 is 17.8 Å². The summed E-state index contributed by atoms with van der Waals surface area (Å²) >= 11 is 0. The minimum absolute atomic E-state index is 0.0607. The zero-order chi connectivity index (χ0) is 20.3. The monoisotopic (exact) mass is 394 g/mol. The Bertz CT molecular complexity index is 786. The number of aromatic nitrogens is 1. The molecule has 154 valence electrons. The average molecular weight is 395 g/mol. The van der Waals surface area contributed by atoms with E-state index in [0.29, 0.717) is 18.7 Å². The van der Waals surface area contributed by atoms with Crippen LogP contribution in [0.2, 0.25) is 0 Å². The lowest BCUT2D eigenvalue weighted by atomic mass is 10.2. The van der Waals surface area contributed by atoms with E-state index in [1.165, 1.54) is 5.56 Å². The maximum atomic E-state index is 12.3. The van der Waals surface area contributed by atoms with Crippen LogP contribution in [-0.4, -0.2) is 68.8 Å². The summed E-state index contributed by atoms with van der Waals surface area (Å²) < 4.78 is 5.01. The van der Waals surface area contributed by atoms with Gasteiger partial charge in [-0.2, -0.15) is 0 Å². The van der Waals surface area contributed by atoms with Crippen molar-refractivity contribution in [3.63, 3.8) is 0 Å². The first-order chi connectivity index (χ1) is 14.3. The highest BCUT2D eigenvalue weighted by Crippen LogP contribution is 2.15. The standard InChI is InChI=1S/C23H30N4O2/c1-29-18-6-11-25-23(28)21-10-12-24-22(19-21)27-16-14-26(15-17-27)13-5-9-20-7-3-2-4-8-20/h2-5,7-10,12,19H,6,11,13-18H2,1H3,(H,25,28)/b9-5+. The highest BCUT2D eigenvalue weighted by molar-refractivity contribution is 5.94. The summed E-state index contributed by atoms with van der Waals surface area (Å²) in [5.74, 6) is 0.809. The zero-order valence-corrected chi connectivity index (χ0v) is 17.1. The molecule has 0 atom stereocenters. The second kappa shape index (κ2) is 11.3. The van der Waals surface area contributed by atoms with Gasteiger partial charge in [-0.3, -0.25) is 9.69 Å². The van der Waals surface area contributed by atoms with E-state index in [1.807, 2.05) is 12.1 Å². The van der Waals surface area contributed by atoms with Gasteiger partial charge >= 0.3 is 0 Å². The van der Waals surface area contributed by atoms with Crippen molar-refractivity contribution in [1.82, 2.24) is 15.2 Å². The van der Waals surface area contributed by atoms with Crippen LogP contribution in [0.4, 0.5) is 5.82 Å². The molecule has 0 spiro atoms. The lowest BCUT2D eigenvalue weighted by molar-refractivity contribution is 0.0948. The van der Waals surface area contributed by atoms with Crippen molar-refractivity contribution < 1.29 is 9.53 Å². The molecule has 29 heavy (non-hydrogen) atoms. The summed E-state index contributed by atoms with van der Waals surface area (Å²) in [7, 11) is 1.66. The molecule has 1 amide bonds. The number of nitrogens with one attached hydrogen (secondary N) is 1. The third-order valence-corrected chi connectivity index (χ3v) is 4.99. The molecule has 0 aliphatic carbocycles. The van der Waals surface area contributed by atoms with E-state index in [9.17, 15) is 4.79 Å². The fraction of sp³-hybridized carbons (Fsp3) is 0.391. The number of benzene rings is 1. The summed E-state index contributed by atoms with van der Waals surface area (Å²) in [5.41, 5.74) is 1.88. The first kappa shape index (κ1) is 21.0. The number of ether oxygens (including phenoxy) is 1. The van der Waals surface area contributed by atoms with Crippen molar-refractivity contribution in [3.8, 4) is 0 Å². The van der Waals surface area contributed by atoms with E-state index < -0.39 is 0 Å². The van der Waals surface area contributed by atoms with Crippen molar-refractivity contribution in [2.24, 2.45) is 0 Å². The molecule has 2 aromatic rings. The fourth-order valence-electron chi connectivity index (χ4n) is 3.31. The van der Waals surface area contributed by atoms with Gasteiger partial charge in [-0.05, 0) is 24.1 Å². The van der Waals surface area contributed by atoms with Gasteiger partial charge in [0.1, 0.15) is 5.82 Å². The smallest absolute Gasteiger partial charge is 0.251 e. The van der Waals surface area contributed by atoms with Gasteiger partial charge in [-0.1, -0.05) is 42.5 Å². The van der Waals surface area contributed by atoms with Crippen molar-refractivity contribution in [1.29, 1.82) is 0 Å². The Morgan fingerprint density at radius 3 is 2.72 bits per heavy atom. The second-order valence-corrected chi connectivity index (χ2v) is 7.11. The number of hydrogen-bond acceptors (Lipinski definition) is 5. The van der Waals surface area contributed by atoms with Gasteiger partial charge in [0.25, 0.3) is 5.91 Å². The minimum Gasteiger partial charge on any atom is -0.385 e. The Morgan fingerprint density at radius 2 is 1.97 bits per heavy atom. The Balaban J connectivity index is 1.46. The molecule has 1 aliphatic heterocycles. The SMILES string of the molecule is COCCCNC(=O)c1ccnc(N2CCN(C/C=C/c3ccccc3)CC2)c1. The summed E-state index contributed by atoms with van der Waals surface area (Å²) in [6.45, 7) is 5.98. The van der Waals surface area contributed by atoms with Gasteiger partial charge < -0.3 is 15.0 Å². The van der Waals surface area contributed by atoms with E-state index >= 15 is 0 Å². The number of hydrogen-bond donors (Lipinski definition) is 1. The molecule has 1 saturated heterocycles. The van der Waals surface area contributed by atoms with Crippen molar-refractivity contribution in [2.75, 3.05) is 57.9 Å². The van der Waals surface area contributed by atoms with Crippen LogP contribution in [0.1, 0.15) is 22.3 Å². The molecule has 0 radical (unpaired) electrons. The molecule has 0 bridgehead atoms. The van der Waals surface area contributed by atoms with Crippen LogP contribution in [0.25, 0.3) is 6.08 Å². The molecule has 0 unspecified atom stereocenters. The number of anilines is 1. The van der Waals surface area contributed by atoms with Gasteiger partial charge in [-0.15, -0.1) is 0 Å². The lowest BCUT2D eigenvalue weighted by Crippen LogP contribution is -2.46. The lowest BCUT2D eigenvalue weighted by Gasteiger charge is -2.35. The van der Waals surface area contributed by atoms with Gasteiger partial charge in [0.05, 0.1) is 0 Å². The number of rotatable bonds is 9. The molecule has 1 fully saturated rings. The number of pyridine rings is 1. The topological polar surface area (TPSA) is 57.7 Å². The van der Waals surface area contributed by atoms with E-state index in [2.05, 4.69) is 56.5 Å². The van der Waals surface area contributed by atoms with Gasteiger partial charge in [-0.25, -0.2) is 4.98 Å². The minimum atomic E-state index is -0.0607. The van der Waals surface area contributed by atoms with Crippen LogP contribution in [0.15, 0.2) is 54.7 Å². The van der Waals surface area contributed by atoms with E-state index in [0.717, 1.165) is 45.0 Å². The van der Waals surface area contributed by atoms with Crippen LogP contribution >= 0.6 is 0 Å². The largest absolute Gasteiger partial charge is 0.385 e. The van der Waals surface area contributed by atoms with Gasteiger partial charge in [0.15, 0.2) is 0 Å². The Kier molecular flexibility index (Phi) is 8.22. The fourth-order valence-corrected chi connectivity index (χ4v) is 3.31. The summed E-state index contributed by atoms with van der Waals surface area (Å²) in [4.78, 5) is 21.5. The van der Waals surface area contributed by atoms with Crippen LogP contribution in [-0.2, 0) is 4.74 Å². The third kappa shape index (κ3) is 6.69. The molecule has 3 rings (SSSR count). The van der Waals surface area contributed by atoms with Gasteiger partial charge in [0, 0.05) is 64.7 Å². The van der Waals surface area contributed by atoms with Crippen molar-refractivity contribution in [3.05, 3.63) is 65.9 Å². The van der Waals surface area contributed by atoms with Gasteiger partial charge in [0.2, 0.25) is 0 Å². The molecule has 1 aromatic heterocycles. The number of amides is 1. The van der Waals surface area contributed by atoms with Crippen LogP contribution in [0.3, 0.4) is 0 Å². The Labute approximate surface area is 173 Å². The molecule has 1 aliphatic rings. The maximum Gasteiger partial charge on any atom is 0.251 e. The number of carbonyl (C=O) groups is 1. The molecule has 6 nitrogen and oxygen atoms in total. The number of carbonyl (C=O) groups excluding carboxylic acids is 1. The molecule has 1 N–H and O–H groups in total. The van der Waals surface area contributed by atoms with E-state index in [-0.39, 0.29) is 5.91 Å². The first-order valence-corrected chi connectivity index (χ1v) is 10.2. The van der Waals surface area contributed by atoms with Crippen LogP contribution < -0.4 is 10.2 Å². The summed E-state index contributed by atoms with van der Waals surface area (Å²) in [6, 6.07) is 14.0. The number of nitrogens with zero attached hydrogens (tertiary/aromatic N) is 3. The molecule has 6 heteroatoms. The predicted octanol–water partition coefficient (Wildman–Crippen LogP) is 2.68. The Morgan fingerprint density at radius 1 is 1.17 bits per heavy atom. The third-order valence-electron chi connectivity index (χ3n) is 4.99. The first-order valence-electron chi connectivity index (χ1n) is 10.2. The molecular formula is C23H30N4O2. The summed E-state index contributed by atoms with van der Waals surface area (Å²) in [6.07, 6.45) is 6.91. The van der Waals surface area contributed by atoms with E-state index in [4.69, 9.17) is 4.74 Å². The number of piperazine rings is 1. The molecular weight excluding hydrogens is 364 g/mol. The molecule has 2 heterocycles. The molecule has 0 saturated carbocycles. The van der Waals surface area contributed by atoms with Crippen molar-refractivity contribution in [2.45, 2.75) is 6.42 Å². The van der Waals surface area contributed by atoms with E-state index in [1.54, 1.807) is 19.4 Å². The van der Waals surface area contributed by atoms with Crippen LogP contribution in [0.5, 0.6) is 0 Å². The van der Waals surface area contributed by atoms with Crippen LogP contribution in [0, 0.1) is 0 Å². The zero-order valence-electron chi connectivity index (χ0n) is 17.1. The molecule has 1 aromatic carbocycles. The average Bonchev–Trinajstić information content (AvgIpc) is 2.78. The highest BCUT2D eigenvalue weighted by Gasteiger charge is 2.18. The quantitative estimate of drug-likeness (QED) is 0.663. The highest BCUT2D eigenvalue weighted by atomic mass is 16.5. The maximum absolute atomic E-state index is 12.3. The Hall–Kier alpha value is -2.70. The normalized spacial score (nSPS) is 15.0. The number of methoxy groups -OCH3 is 1. The summed E-state index contributed by atoms with van der Waals surface area (Å²) in [5, 5.41) is 2.93.